The largest absolute Gasteiger partial charge is 0.324 e. The van der Waals surface area contributed by atoms with Gasteiger partial charge in [0, 0.05) is 20.6 Å². The van der Waals surface area contributed by atoms with Crippen LogP contribution in [0.15, 0.2) is 40.9 Å². The van der Waals surface area contributed by atoms with Crippen molar-refractivity contribution >= 4 is 39.1 Å². The molecule has 0 spiro atoms. The molecule has 5 heteroatoms. The van der Waals surface area contributed by atoms with Crippen LogP contribution < -0.4 is 5.73 Å². The Bertz CT molecular complexity index is 604. The van der Waals surface area contributed by atoms with Crippen LogP contribution in [-0.4, -0.2) is 0 Å². The lowest BCUT2D eigenvalue weighted by molar-refractivity contribution is 0.593. The van der Waals surface area contributed by atoms with E-state index in [2.05, 4.69) is 15.9 Å². The average molecular weight is 363 g/mol. The molecule has 100 valence electrons. The van der Waals surface area contributed by atoms with Crippen LogP contribution in [-0.2, 0) is 6.42 Å². The van der Waals surface area contributed by atoms with Gasteiger partial charge in [-0.05, 0) is 47.9 Å². The van der Waals surface area contributed by atoms with Gasteiger partial charge in [-0.15, -0.1) is 0 Å². The van der Waals surface area contributed by atoms with E-state index >= 15 is 0 Å². The van der Waals surface area contributed by atoms with Crippen molar-refractivity contribution in [3.8, 4) is 0 Å². The molecule has 19 heavy (non-hydrogen) atoms. The summed E-state index contributed by atoms with van der Waals surface area (Å²) in [5.41, 5.74) is 7.50. The molecule has 0 radical (unpaired) electrons. The molecule has 0 aromatic heterocycles. The Hall–Kier alpha value is -0.610. The van der Waals surface area contributed by atoms with Gasteiger partial charge in [-0.1, -0.05) is 45.2 Å². The maximum absolute atomic E-state index is 13.7. The standard InChI is InChI=1S/C14H11BrCl2FN/c15-12-4-3-9(16)6-11(12)14(19)5-8-1-2-10(17)7-13(8)18/h1-4,6-7,14H,5,19H2. The first-order chi connectivity index (χ1) is 8.97. The predicted molar refractivity (Wildman–Crippen MR) is 81.2 cm³/mol. The maximum Gasteiger partial charge on any atom is 0.127 e. The van der Waals surface area contributed by atoms with Crippen LogP contribution in [0.4, 0.5) is 4.39 Å². The molecule has 2 rings (SSSR count). The zero-order valence-corrected chi connectivity index (χ0v) is 12.9. The molecule has 1 atom stereocenters. The molecule has 0 saturated heterocycles. The van der Waals surface area contributed by atoms with Crippen molar-refractivity contribution in [2.75, 3.05) is 0 Å². The van der Waals surface area contributed by atoms with Crippen molar-refractivity contribution in [2.45, 2.75) is 12.5 Å². The van der Waals surface area contributed by atoms with Gasteiger partial charge in [-0.3, -0.25) is 0 Å². The van der Waals surface area contributed by atoms with E-state index in [1.54, 1.807) is 24.3 Å². The maximum atomic E-state index is 13.7. The van der Waals surface area contributed by atoms with Crippen molar-refractivity contribution < 1.29 is 4.39 Å². The van der Waals surface area contributed by atoms with Crippen molar-refractivity contribution in [1.29, 1.82) is 0 Å². The number of rotatable bonds is 3. The fourth-order valence-electron chi connectivity index (χ4n) is 1.83. The minimum Gasteiger partial charge on any atom is -0.324 e. The highest BCUT2D eigenvalue weighted by Gasteiger charge is 2.14. The first-order valence-corrected chi connectivity index (χ1v) is 7.16. The molecular formula is C14H11BrCl2FN. The Balaban J connectivity index is 2.25. The summed E-state index contributed by atoms with van der Waals surface area (Å²) in [5.74, 6) is -0.346. The second-order valence-corrected chi connectivity index (χ2v) is 5.94. The summed E-state index contributed by atoms with van der Waals surface area (Å²) in [6.07, 6.45) is 0.377. The number of nitrogens with two attached hydrogens (primary N) is 1. The minimum atomic E-state index is -0.346. The molecular weight excluding hydrogens is 352 g/mol. The Kier molecular flexibility index (Phi) is 4.85. The van der Waals surface area contributed by atoms with Gasteiger partial charge >= 0.3 is 0 Å². The fraction of sp³-hybridized carbons (Fsp3) is 0.143. The smallest absolute Gasteiger partial charge is 0.127 e. The van der Waals surface area contributed by atoms with E-state index in [1.807, 2.05) is 6.07 Å². The summed E-state index contributed by atoms with van der Waals surface area (Å²) in [5, 5.41) is 0.976. The van der Waals surface area contributed by atoms with Crippen LogP contribution in [0.3, 0.4) is 0 Å². The lowest BCUT2D eigenvalue weighted by Crippen LogP contribution is -2.14. The molecule has 0 heterocycles. The zero-order valence-electron chi connectivity index (χ0n) is 9.84. The van der Waals surface area contributed by atoms with Gasteiger partial charge in [0.2, 0.25) is 0 Å². The third kappa shape index (κ3) is 3.69. The summed E-state index contributed by atoms with van der Waals surface area (Å²) < 4.78 is 14.6. The van der Waals surface area contributed by atoms with Crippen molar-refractivity contribution in [1.82, 2.24) is 0 Å². The molecule has 2 aromatic carbocycles. The Morgan fingerprint density at radius 2 is 1.74 bits per heavy atom. The number of hydrogen-bond acceptors (Lipinski definition) is 1. The Morgan fingerprint density at radius 1 is 1.11 bits per heavy atom. The molecule has 0 fully saturated rings. The van der Waals surface area contributed by atoms with Crippen LogP contribution in [0.5, 0.6) is 0 Å². The third-order valence-electron chi connectivity index (χ3n) is 2.81. The van der Waals surface area contributed by atoms with E-state index in [1.165, 1.54) is 6.07 Å². The number of halogens is 4. The van der Waals surface area contributed by atoms with E-state index in [4.69, 9.17) is 28.9 Å². The summed E-state index contributed by atoms with van der Waals surface area (Å²) in [6.45, 7) is 0. The summed E-state index contributed by atoms with van der Waals surface area (Å²) in [6, 6.07) is 9.63. The Morgan fingerprint density at radius 3 is 2.42 bits per heavy atom. The molecule has 2 aromatic rings. The number of benzene rings is 2. The topological polar surface area (TPSA) is 26.0 Å². The average Bonchev–Trinajstić information content (AvgIpc) is 2.35. The van der Waals surface area contributed by atoms with Gasteiger partial charge in [-0.25, -0.2) is 4.39 Å². The van der Waals surface area contributed by atoms with Crippen molar-refractivity contribution in [3.05, 3.63) is 67.9 Å². The quantitative estimate of drug-likeness (QED) is 0.803. The van der Waals surface area contributed by atoms with E-state index < -0.39 is 0 Å². The second kappa shape index (κ2) is 6.23. The summed E-state index contributed by atoms with van der Waals surface area (Å²) >= 11 is 15.1. The highest BCUT2D eigenvalue weighted by atomic mass is 79.9. The highest BCUT2D eigenvalue weighted by Crippen LogP contribution is 2.28. The van der Waals surface area contributed by atoms with Gasteiger partial charge in [0.25, 0.3) is 0 Å². The SMILES string of the molecule is NC(Cc1ccc(Cl)cc1F)c1cc(Cl)ccc1Br. The molecule has 0 bridgehead atoms. The Labute approximate surface area is 129 Å². The summed E-state index contributed by atoms with van der Waals surface area (Å²) in [4.78, 5) is 0. The van der Waals surface area contributed by atoms with Crippen molar-refractivity contribution in [3.63, 3.8) is 0 Å². The van der Waals surface area contributed by atoms with Gasteiger partial charge in [0.15, 0.2) is 0 Å². The normalized spacial score (nSPS) is 12.5. The molecule has 0 aliphatic carbocycles. The first-order valence-electron chi connectivity index (χ1n) is 5.62. The van der Waals surface area contributed by atoms with E-state index in [0.29, 0.717) is 22.0 Å². The van der Waals surface area contributed by atoms with E-state index in [0.717, 1.165) is 10.0 Å². The van der Waals surface area contributed by atoms with E-state index in [-0.39, 0.29) is 11.9 Å². The molecule has 0 aliphatic heterocycles. The van der Waals surface area contributed by atoms with Crippen molar-refractivity contribution in [2.24, 2.45) is 5.73 Å². The van der Waals surface area contributed by atoms with Gasteiger partial charge < -0.3 is 5.73 Å². The molecule has 2 N–H and O–H groups in total. The minimum absolute atomic E-state index is 0.344. The monoisotopic (exact) mass is 361 g/mol. The molecule has 0 aliphatic rings. The first kappa shape index (κ1) is 14.8. The van der Waals surface area contributed by atoms with Gasteiger partial charge in [0.05, 0.1) is 0 Å². The zero-order chi connectivity index (χ0) is 14.0. The lowest BCUT2D eigenvalue weighted by Gasteiger charge is -2.15. The van der Waals surface area contributed by atoms with Crippen LogP contribution in [0, 0.1) is 5.82 Å². The second-order valence-electron chi connectivity index (χ2n) is 4.21. The van der Waals surface area contributed by atoms with Crippen LogP contribution in [0.1, 0.15) is 17.2 Å². The summed E-state index contributed by atoms with van der Waals surface area (Å²) in [7, 11) is 0. The highest BCUT2D eigenvalue weighted by molar-refractivity contribution is 9.10. The van der Waals surface area contributed by atoms with Crippen LogP contribution in [0.2, 0.25) is 10.0 Å². The fourth-order valence-corrected chi connectivity index (χ4v) is 2.71. The van der Waals surface area contributed by atoms with Crippen LogP contribution in [0.25, 0.3) is 0 Å². The molecule has 0 amide bonds. The predicted octanol–water partition coefficient (Wildman–Crippen LogP) is 5.14. The van der Waals surface area contributed by atoms with E-state index in [9.17, 15) is 4.39 Å². The molecule has 0 saturated carbocycles. The van der Waals surface area contributed by atoms with Gasteiger partial charge in [-0.2, -0.15) is 0 Å². The third-order valence-corrected chi connectivity index (χ3v) is 4.00. The molecule has 1 nitrogen and oxygen atoms in total. The lowest BCUT2D eigenvalue weighted by atomic mass is 9.99. The van der Waals surface area contributed by atoms with Gasteiger partial charge in [0.1, 0.15) is 5.82 Å². The van der Waals surface area contributed by atoms with Crippen LogP contribution >= 0.6 is 39.1 Å². The molecule has 1 unspecified atom stereocenters. The number of hydrogen-bond donors (Lipinski definition) is 1.